The molecule has 1 fully saturated rings. The van der Waals surface area contributed by atoms with Gasteiger partial charge in [-0.15, -0.1) is 0 Å². The van der Waals surface area contributed by atoms with E-state index in [4.69, 9.17) is 4.74 Å². The Morgan fingerprint density at radius 2 is 2.12 bits per heavy atom. The number of carbonyl (C=O) groups excluding carboxylic acids is 1. The van der Waals surface area contributed by atoms with E-state index in [1.54, 1.807) is 7.11 Å². The first-order valence-electron chi connectivity index (χ1n) is 5.88. The van der Waals surface area contributed by atoms with Crippen molar-refractivity contribution in [1.82, 2.24) is 10.2 Å². The van der Waals surface area contributed by atoms with Crippen LogP contribution in [0.3, 0.4) is 0 Å². The maximum absolute atomic E-state index is 12.3. The minimum Gasteiger partial charge on any atom is -0.377 e. The van der Waals surface area contributed by atoms with E-state index in [0.29, 0.717) is 6.54 Å². The monoisotopic (exact) mass is 228 g/mol. The number of likely N-dealkylation sites (tertiary alicyclic amines) is 1. The second-order valence-electron chi connectivity index (χ2n) is 5.36. The van der Waals surface area contributed by atoms with Crippen molar-refractivity contribution in [3.05, 3.63) is 0 Å². The van der Waals surface area contributed by atoms with Crippen molar-refractivity contribution in [1.29, 1.82) is 0 Å². The maximum atomic E-state index is 12.3. The highest BCUT2D eigenvalue weighted by atomic mass is 16.5. The molecule has 0 radical (unpaired) electrons. The summed E-state index contributed by atoms with van der Waals surface area (Å²) in [6.07, 6.45) is 2.03. The van der Waals surface area contributed by atoms with Gasteiger partial charge in [-0.05, 0) is 40.7 Å². The fourth-order valence-corrected chi connectivity index (χ4v) is 2.05. The Kier molecular flexibility index (Phi) is 3.97. The topological polar surface area (TPSA) is 41.6 Å². The molecule has 0 spiro atoms. The van der Waals surface area contributed by atoms with Gasteiger partial charge in [0.2, 0.25) is 5.91 Å². The lowest BCUT2D eigenvalue weighted by molar-refractivity contribution is -0.144. The van der Waals surface area contributed by atoms with E-state index in [-0.39, 0.29) is 11.5 Å². The molecule has 16 heavy (non-hydrogen) atoms. The molecule has 4 heteroatoms. The number of nitrogens with one attached hydrogen (secondary N) is 1. The molecule has 0 aromatic carbocycles. The minimum atomic E-state index is -0.494. The Labute approximate surface area is 98.3 Å². The molecule has 1 amide bonds. The van der Waals surface area contributed by atoms with Crippen LogP contribution in [0.25, 0.3) is 0 Å². The molecule has 0 aliphatic carbocycles. The molecule has 1 atom stereocenters. The molecular formula is C12H24N2O2. The van der Waals surface area contributed by atoms with Crippen molar-refractivity contribution in [2.75, 3.05) is 27.2 Å². The number of hydrogen-bond acceptors (Lipinski definition) is 3. The number of methoxy groups -OCH3 is 1. The van der Waals surface area contributed by atoms with E-state index in [1.165, 1.54) is 0 Å². The van der Waals surface area contributed by atoms with Gasteiger partial charge in [-0.3, -0.25) is 4.79 Å². The summed E-state index contributed by atoms with van der Waals surface area (Å²) in [5, 5.41) is 3.05. The van der Waals surface area contributed by atoms with Gasteiger partial charge in [0.15, 0.2) is 0 Å². The number of piperidine rings is 1. The molecule has 1 aliphatic rings. The van der Waals surface area contributed by atoms with Crippen molar-refractivity contribution in [2.24, 2.45) is 0 Å². The van der Waals surface area contributed by atoms with Gasteiger partial charge in [0.25, 0.3) is 0 Å². The van der Waals surface area contributed by atoms with Gasteiger partial charge >= 0.3 is 0 Å². The van der Waals surface area contributed by atoms with Gasteiger partial charge in [-0.1, -0.05) is 0 Å². The van der Waals surface area contributed by atoms with E-state index in [2.05, 4.69) is 12.2 Å². The lowest BCUT2D eigenvalue weighted by Crippen LogP contribution is -2.58. The molecule has 1 unspecified atom stereocenters. The van der Waals surface area contributed by atoms with E-state index < -0.39 is 5.54 Å². The summed E-state index contributed by atoms with van der Waals surface area (Å²) >= 11 is 0. The van der Waals surface area contributed by atoms with Crippen LogP contribution in [0.4, 0.5) is 0 Å². The Balaban J connectivity index is 2.71. The van der Waals surface area contributed by atoms with Crippen LogP contribution in [0.5, 0.6) is 0 Å². The Bertz CT molecular complexity index is 266. The van der Waals surface area contributed by atoms with E-state index in [1.807, 2.05) is 25.8 Å². The summed E-state index contributed by atoms with van der Waals surface area (Å²) in [6.45, 7) is 7.41. The summed E-state index contributed by atoms with van der Waals surface area (Å²) in [7, 11) is 3.54. The lowest BCUT2D eigenvalue weighted by atomic mass is 9.92. The first-order chi connectivity index (χ1) is 7.34. The second-order valence-corrected chi connectivity index (χ2v) is 5.36. The van der Waals surface area contributed by atoms with E-state index >= 15 is 0 Å². The fourth-order valence-electron chi connectivity index (χ4n) is 2.05. The van der Waals surface area contributed by atoms with Crippen LogP contribution in [0.2, 0.25) is 0 Å². The number of carbonyl (C=O) groups is 1. The average Bonchev–Trinajstić information content (AvgIpc) is 2.28. The highest BCUT2D eigenvalue weighted by Gasteiger charge is 2.37. The lowest BCUT2D eigenvalue weighted by Gasteiger charge is -2.42. The standard InChI is InChI=1S/C12H24N2O2/c1-11(2,13-4)10(15)14-8-6-7-12(3,9-14)16-5/h13H,6-9H2,1-5H3. The van der Waals surface area contributed by atoms with Crippen LogP contribution in [-0.2, 0) is 9.53 Å². The Morgan fingerprint density at radius 1 is 1.50 bits per heavy atom. The number of nitrogens with zero attached hydrogens (tertiary/aromatic N) is 1. The number of likely N-dealkylation sites (N-methyl/N-ethyl adjacent to an activating group) is 1. The zero-order chi connectivity index (χ0) is 12.4. The van der Waals surface area contributed by atoms with Crippen molar-refractivity contribution in [3.63, 3.8) is 0 Å². The molecule has 0 bridgehead atoms. The molecule has 0 aromatic heterocycles. The first kappa shape index (κ1) is 13.5. The van der Waals surface area contributed by atoms with Crippen LogP contribution in [0, 0.1) is 0 Å². The number of rotatable bonds is 3. The minimum absolute atomic E-state index is 0.151. The smallest absolute Gasteiger partial charge is 0.242 e. The number of ether oxygens (including phenoxy) is 1. The number of hydrogen-bond donors (Lipinski definition) is 1. The summed E-state index contributed by atoms with van der Waals surface area (Å²) in [6, 6.07) is 0. The van der Waals surface area contributed by atoms with Crippen molar-refractivity contribution in [3.8, 4) is 0 Å². The van der Waals surface area contributed by atoms with Gasteiger partial charge in [-0.25, -0.2) is 0 Å². The molecule has 0 saturated carbocycles. The quantitative estimate of drug-likeness (QED) is 0.784. The van der Waals surface area contributed by atoms with Gasteiger partial charge in [0.05, 0.1) is 11.1 Å². The second kappa shape index (κ2) is 4.72. The third kappa shape index (κ3) is 2.74. The van der Waals surface area contributed by atoms with E-state index in [9.17, 15) is 4.79 Å². The zero-order valence-electron chi connectivity index (χ0n) is 11.1. The normalized spacial score (nSPS) is 26.9. The molecule has 0 aromatic rings. The molecule has 1 saturated heterocycles. The third-order valence-electron chi connectivity index (χ3n) is 3.60. The van der Waals surface area contributed by atoms with Crippen LogP contribution < -0.4 is 5.32 Å². The predicted octanol–water partition coefficient (Wildman–Crippen LogP) is 1.01. The summed E-state index contributed by atoms with van der Waals surface area (Å²) in [5.74, 6) is 0.151. The molecule has 1 rings (SSSR count). The molecule has 1 N–H and O–H groups in total. The molecular weight excluding hydrogens is 204 g/mol. The highest BCUT2D eigenvalue weighted by Crippen LogP contribution is 2.25. The van der Waals surface area contributed by atoms with Gasteiger partial charge < -0.3 is 15.0 Å². The van der Waals surface area contributed by atoms with Crippen molar-refractivity contribution < 1.29 is 9.53 Å². The predicted molar refractivity (Wildman–Crippen MR) is 64.4 cm³/mol. The Hall–Kier alpha value is -0.610. The molecule has 94 valence electrons. The van der Waals surface area contributed by atoms with Crippen LogP contribution in [0.1, 0.15) is 33.6 Å². The fraction of sp³-hybridized carbons (Fsp3) is 0.917. The number of amides is 1. The molecule has 4 nitrogen and oxygen atoms in total. The van der Waals surface area contributed by atoms with Gasteiger partial charge in [-0.2, -0.15) is 0 Å². The zero-order valence-corrected chi connectivity index (χ0v) is 11.1. The summed E-state index contributed by atoms with van der Waals surface area (Å²) < 4.78 is 5.49. The summed E-state index contributed by atoms with van der Waals surface area (Å²) in [4.78, 5) is 14.2. The van der Waals surface area contributed by atoms with Gasteiger partial charge in [0, 0.05) is 20.2 Å². The molecule has 1 aliphatic heterocycles. The average molecular weight is 228 g/mol. The first-order valence-corrected chi connectivity index (χ1v) is 5.88. The van der Waals surface area contributed by atoms with Crippen LogP contribution >= 0.6 is 0 Å². The SMILES string of the molecule is CNC(C)(C)C(=O)N1CCCC(C)(OC)C1. The Morgan fingerprint density at radius 3 is 2.62 bits per heavy atom. The van der Waals surface area contributed by atoms with Gasteiger partial charge in [0.1, 0.15) is 0 Å². The molecule has 1 heterocycles. The van der Waals surface area contributed by atoms with Crippen molar-refractivity contribution >= 4 is 5.91 Å². The highest BCUT2D eigenvalue weighted by molar-refractivity contribution is 5.85. The van der Waals surface area contributed by atoms with E-state index in [0.717, 1.165) is 19.4 Å². The van der Waals surface area contributed by atoms with Crippen molar-refractivity contribution in [2.45, 2.75) is 44.8 Å². The van der Waals surface area contributed by atoms with Crippen LogP contribution in [-0.4, -0.2) is 49.2 Å². The third-order valence-corrected chi connectivity index (χ3v) is 3.60. The largest absolute Gasteiger partial charge is 0.377 e. The maximum Gasteiger partial charge on any atom is 0.242 e. The summed E-state index contributed by atoms with van der Waals surface area (Å²) in [5.41, 5.74) is -0.677. The van der Waals surface area contributed by atoms with Crippen LogP contribution in [0.15, 0.2) is 0 Å².